The van der Waals surface area contributed by atoms with Crippen molar-refractivity contribution in [1.82, 2.24) is 0 Å². The van der Waals surface area contributed by atoms with E-state index in [4.69, 9.17) is 4.42 Å². The molecule has 2 heterocycles. The van der Waals surface area contributed by atoms with Gasteiger partial charge in [0.1, 0.15) is 5.69 Å². The van der Waals surface area contributed by atoms with E-state index in [9.17, 15) is 4.79 Å². The van der Waals surface area contributed by atoms with Crippen LogP contribution in [0, 0.1) is 5.92 Å². The molecule has 1 aromatic rings. The zero-order valence-electron chi connectivity index (χ0n) is 8.45. The van der Waals surface area contributed by atoms with Gasteiger partial charge in [0.05, 0.1) is 12.2 Å². The maximum absolute atomic E-state index is 11.9. The van der Waals surface area contributed by atoms with Gasteiger partial charge in [0.25, 0.3) is 0 Å². The molecule has 0 spiro atoms. The van der Waals surface area contributed by atoms with Crippen molar-refractivity contribution in [2.75, 3.05) is 10.6 Å². The monoisotopic (exact) mass is 206 g/mol. The van der Waals surface area contributed by atoms with Gasteiger partial charge in [0.15, 0.2) is 0 Å². The van der Waals surface area contributed by atoms with E-state index in [-0.39, 0.29) is 17.9 Å². The number of hydrogen-bond donors (Lipinski definition) is 2. The summed E-state index contributed by atoms with van der Waals surface area (Å²) < 4.78 is 5.31. The van der Waals surface area contributed by atoms with Crippen molar-refractivity contribution < 1.29 is 9.21 Å². The van der Waals surface area contributed by atoms with Crippen LogP contribution in [-0.4, -0.2) is 11.9 Å². The zero-order chi connectivity index (χ0) is 10.3. The summed E-state index contributed by atoms with van der Waals surface area (Å²) in [5, 5.41) is 6.23. The van der Waals surface area contributed by atoms with Gasteiger partial charge in [-0.1, -0.05) is 12.8 Å². The average molecular weight is 206 g/mol. The third-order valence-electron chi connectivity index (χ3n) is 3.34. The Kier molecular flexibility index (Phi) is 1.94. The number of carbonyl (C=O) groups is 1. The van der Waals surface area contributed by atoms with Crippen LogP contribution in [0.3, 0.4) is 0 Å². The lowest BCUT2D eigenvalue weighted by molar-refractivity contribution is -0.120. The van der Waals surface area contributed by atoms with Gasteiger partial charge in [0, 0.05) is 12.1 Å². The molecule has 0 saturated heterocycles. The number of furan rings is 1. The molecule has 2 aliphatic rings. The minimum atomic E-state index is 0.0985. The van der Waals surface area contributed by atoms with Crippen LogP contribution in [0.1, 0.15) is 25.7 Å². The molecular weight excluding hydrogens is 192 g/mol. The first kappa shape index (κ1) is 8.83. The topological polar surface area (TPSA) is 54.3 Å². The van der Waals surface area contributed by atoms with Gasteiger partial charge in [-0.2, -0.15) is 0 Å². The molecule has 4 nitrogen and oxygen atoms in total. The Balaban J connectivity index is 1.94. The van der Waals surface area contributed by atoms with Gasteiger partial charge in [-0.25, -0.2) is 0 Å². The molecular formula is C11H14N2O2. The maximum atomic E-state index is 11.9. The van der Waals surface area contributed by atoms with E-state index < -0.39 is 0 Å². The fraction of sp³-hybridized carbons (Fsp3) is 0.545. The van der Waals surface area contributed by atoms with Crippen molar-refractivity contribution in [2.45, 2.75) is 31.7 Å². The lowest BCUT2D eigenvalue weighted by Gasteiger charge is -2.28. The van der Waals surface area contributed by atoms with Gasteiger partial charge < -0.3 is 15.1 Å². The SMILES string of the molecule is O=C1Nc2ccoc2NC2CCCCC12. The molecule has 4 heteroatoms. The van der Waals surface area contributed by atoms with E-state index in [0.717, 1.165) is 24.9 Å². The van der Waals surface area contributed by atoms with E-state index in [1.165, 1.54) is 6.42 Å². The summed E-state index contributed by atoms with van der Waals surface area (Å²) in [6, 6.07) is 2.03. The minimum Gasteiger partial charge on any atom is -0.447 e. The highest BCUT2D eigenvalue weighted by atomic mass is 16.3. The van der Waals surface area contributed by atoms with Crippen LogP contribution in [0.2, 0.25) is 0 Å². The molecule has 1 amide bonds. The summed E-state index contributed by atoms with van der Waals surface area (Å²) in [4.78, 5) is 11.9. The summed E-state index contributed by atoms with van der Waals surface area (Å²) in [6.07, 6.45) is 5.97. The van der Waals surface area contributed by atoms with E-state index in [1.54, 1.807) is 12.3 Å². The van der Waals surface area contributed by atoms with Gasteiger partial charge in [0.2, 0.25) is 11.8 Å². The van der Waals surface area contributed by atoms with Gasteiger partial charge in [-0.3, -0.25) is 4.79 Å². The van der Waals surface area contributed by atoms with Crippen molar-refractivity contribution >= 4 is 17.5 Å². The molecule has 0 aromatic carbocycles. The smallest absolute Gasteiger partial charge is 0.229 e. The van der Waals surface area contributed by atoms with E-state index in [2.05, 4.69) is 10.6 Å². The van der Waals surface area contributed by atoms with Crippen molar-refractivity contribution in [2.24, 2.45) is 5.92 Å². The fourth-order valence-corrected chi connectivity index (χ4v) is 2.53. The lowest BCUT2D eigenvalue weighted by atomic mass is 9.84. The number of anilines is 2. The Morgan fingerprint density at radius 3 is 3.13 bits per heavy atom. The second-order valence-corrected chi connectivity index (χ2v) is 4.29. The summed E-state index contributed by atoms with van der Waals surface area (Å²) in [5.41, 5.74) is 0.773. The van der Waals surface area contributed by atoms with Crippen LogP contribution < -0.4 is 10.6 Å². The third kappa shape index (κ3) is 1.40. The van der Waals surface area contributed by atoms with E-state index in [0.29, 0.717) is 5.88 Å². The third-order valence-corrected chi connectivity index (χ3v) is 3.34. The second kappa shape index (κ2) is 3.29. The first-order chi connectivity index (χ1) is 7.34. The number of nitrogens with one attached hydrogen (secondary N) is 2. The molecule has 80 valence electrons. The molecule has 15 heavy (non-hydrogen) atoms. The molecule has 3 rings (SSSR count). The molecule has 0 radical (unpaired) electrons. The molecule has 1 aliphatic carbocycles. The van der Waals surface area contributed by atoms with Gasteiger partial charge in [-0.15, -0.1) is 0 Å². The van der Waals surface area contributed by atoms with Crippen LogP contribution in [0.4, 0.5) is 11.6 Å². The predicted molar refractivity (Wildman–Crippen MR) is 56.7 cm³/mol. The van der Waals surface area contributed by atoms with Gasteiger partial charge >= 0.3 is 0 Å². The van der Waals surface area contributed by atoms with Crippen LogP contribution in [0.15, 0.2) is 16.7 Å². The lowest BCUT2D eigenvalue weighted by Crippen LogP contribution is -2.37. The highest BCUT2D eigenvalue weighted by molar-refractivity contribution is 5.97. The molecule has 1 aliphatic heterocycles. The maximum Gasteiger partial charge on any atom is 0.229 e. The van der Waals surface area contributed by atoms with Crippen LogP contribution in [0.25, 0.3) is 0 Å². The van der Waals surface area contributed by atoms with Crippen molar-refractivity contribution in [3.05, 3.63) is 12.3 Å². The van der Waals surface area contributed by atoms with Crippen molar-refractivity contribution in [3.63, 3.8) is 0 Å². The molecule has 2 N–H and O–H groups in total. The highest BCUT2D eigenvalue weighted by Crippen LogP contribution is 2.34. The molecule has 1 fully saturated rings. The Labute approximate surface area is 88.0 Å². The number of rotatable bonds is 0. The van der Waals surface area contributed by atoms with Crippen molar-refractivity contribution in [3.8, 4) is 0 Å². The Morgan fingerprint density at radius 2 is 2.20 bits per heavy atom. The second-order valence-electron chi connectivity index (χ2n) is 4.29. The molecule has 0 bridgehead atoms. The Bertz CT molecular complexity index is 386. The summed E-state index contributed by atoms with van der Waals surface area (Å²) in [5.74, 6) is 0.937. The van der Waals surface area contributed by atoms with Crippen molar-refractivity contribution in [1.29, 1.82) is 0 Å². The van der Waals surface area contributed by atoms with Crippen LogP contribution in [0.5, 0.6) is 0 Å². The number of carbonyl (C=O) groups excluding carboxylic acids is 1. The molecule has 1 saturated carbocycles. The minimum absolute atomic E-state index is 0.0985. The normalized spacial score (nSPS) is 29.5. The summed E-state index contributed by atoms with van der Waals surface area (Å²) in [7, 11) is 0. The predicted octanol–water partition coefficient (Wildman–Crippen LogP) is 2.20. The number of fused-ring (bicyclic) bond motifs is 2. The summed E-state index contributed by atoms with van der Waals surface area (Å²) >= 11 is 0. The number of hydrogen-bond acceptors (Lipinski definition) is 3. The molecule has 2 unspecified atom stereocenters. The van der Waals surface area contributed by atoms with E-state index in [1.807, 2.05) is 0 Å². The Hall–Kier alpha value is -1.45. The number of amides is 1. The molecule has 2 atom stereocenters. The summed E-state index contributed by atoms with van der Waals surface area (Å²) in [6.45, 7) is 0. The standard InChI is InChI=1S/C11H14N2O2/c14-10-7-3-1-2-4-8(7)13-11-9(12-10)5-6-15-11/h5-8,13H,1-4H2,(H,12,14). The zero-order valence-corrected chi connectivity index (χ0v) is 8.45. The average Bonchev–Trinajstić information content (AvgIpc) is 2.61. The van der Waals surface area contributed by atoms with Crippen LogP contribution in [-0.2, 0) is 4.79 Å². The van der Waals surface area contributed by atoms with Gasteiger partial charge in [-0.05, 0) is 12.8 Å². The fourth-order valence-electron chi connectivity index (χ4n) is 2.53. The Morgan fingerprint density at radius 1 is 1.33 bits per heavy atom. The van der Waals surface area contributed by atoms with Crippen LogP contribution >= 0.6 is 0 Å². The first-order valence-corrected chi connectivity index (χ1v) is 5.49. The largest absolute Gasteiger partial charge is 0.447 e. The first-order valence-electron chi connectivity index (χ1n) is 5.49. The van der Waals surface area contributed by atoms with E-state index >= 15 is 0 Å². The highest BCUT2D eigenvalue weighted by Gasteiger charge is 2.34. The molecule has 1 aromatic heterocycles. The quantitative estimate of drug-likeness (QED) is 0.684.